The molecule has 4 nitrogen and oxygen atoms in total. The van der Waals surface area contributed by atoms with Crippen molar-refractivity contribution >= 4 is 10.9 Å². The summed E-state index contributed by atoms with van der Waals surface area (Å²) in [5.74, 6) is 2.09. The highest BCUT2D eigenvalue weighted by Gasteiger charge is 2.73. The van der Waals surface area contributed by atoms with Gasteiger partial charge in [0.05, 0.1) is 35.8 Å². The number of phenolic OH excluding ortho intramolecular Hbond substituents is 1. The Labute approximate surface area is 200 Å². The highest BCUT2D eigenvalue weighted by atomic mass is 16.5. The van der Waals surface area contributed by atoms with Gasteiger partial charge >= 0.3 is 0 Å². The summed E-state index contributed by atoms with van der Waals surface area (Å²) in [6, 6.07) is 11.7. The number of rotatable bonds is 2. The molecule has 0 radical (unpaired) electrons. The van der Waals surface area contributed by atoms with Gasteiger partial charge in [-0.05, 0) is 54.9 Å². The first-order valence-electron chi connectivity index (χ1n) is 13.6. The standard InChI is InChI=1S/C30H32N2O2/c1-29-15-21-20-6-2-4-18-5-3-12-32(25(18)20)26(21)28-30(29)11-13-31(16-17-7-8-17)23(29)14-19-9-10-22(33)27(34-28)24(19)30/h2,4,6,9-10,17,23,28,33H,3,5,7-8,11-16H2,1H3/p+1/t23-,28+,29+,30+/m1/s1. The molecule has 1 saturated carbocycles. The Morgan fingerprint density at radius 3 is 2.97 bits per heavy atom. The zero-order chi connectivity index (χ0) is 22.4. The highest BCUT2D eigenvalue weighted by molar-refractivity contribution is 5.90. The summed E-state index contributed by atoms with van der Waals surface area (Å²) in [7, 11) is 0. The maximum absolute atomic E-state index is 11.0. The molecule has 34 heavy (non-hydrogen) atoms. The molecule has 1 unspecified atom stereocenters. The number of nitrogens with zero attached hydrogens (tertiary/aromatic N) is 1. The number of aryl methyl sites for hydroxylation is 2. The Hall–Kier alpha value is -2.46. The minimum absolute atomic E-state index is 0.0203. The van der Waals surface area contributed by atoms with E-state index in [-0.39, 0.29) is 16.9 Å². The van der Waals surface area contributed by atoms with Gasteiger partial charge in [0, 0.05) is 41.7 Å². The highest BCUT2D eigenvalue weighted by Crippen LogP contribution is 2.71. The van der Waals surface area contributed by atoms with E-state index in [1.54, 1.807) is 5.56 Å². The quantitative estimate of drug-likeness (QED) is 0.619. The van der Waals surface area contributed by atoms with Crippen molar-refractivity contribution in [2.45, 2.75) is 76.0 Å². The molecule has 174 valence electrons. The van der Waals surface area contributed by atoms with Gasteiger partial charge in [0.1, 0.15) is 6.10 Å². The maximum Gasteiger partial charge on any atom is 0.166 e. The van der Waals surface area contributed by atoms with Crippen LogP contribution in [0.4, 0.5) is 0 Å². The van der Waals surface area contributed by atoms with Gasteiger partial charge < -0.3 is 19.3 Å². The first-order chi connectivity index (χ1) is 16.6. The number of para-hydroxylation sites is 1. The molecule has 2 N–H and O–H groups in total. The summed E-state index contributed by atoms with van der Waals surface area (Å²) < 4.78 is 9.62. The Morgan fingerprint density at radius 2 is 2.09 bits per heavy atom. The number of piperidine rings is 1. The lowest BCUT2D eigenvalue weighted by molar-refractivity contribution is -0.944. The molecule has 5 atom stereocenters. The average molecular weight is 454 g/mol. The number of likely N-dealkylation sites (tertiary alicyclic amines) is 1. The molecule has 1 saturated heterocycles. The van der Waals surface area contributed by atoms with E-state index in [1.165, 1.54) is 78.5 Å². The lowest BCUT2D eigenvalue weighted by Crippen LogP contribution is -3.20. The topological polar surface area (TPSA) is 38.8 Å². The van der Waals surface area contributed by atoms with E-state index in [2.05, 4.69) is 35.8 Å². The zero-order valence-corrected chi connectivity index (χ0v) is 20.0. The van der Waals surface area contributed by atoms with E-state index < -0.39 is 0 Å². The summed E-state index contributed by atoms with van der Waals surface area (Å²) in [6.07, 6.45) is 8.70. The van der Waals surface area contributed by atoms with Crippen molar-refractivity contribution in [1.29, 1.82) is 0 Å². The minimum atomic E-state index is -0.0230. The molecule has 1 aromatic heterocycles. The summed E-state index contributed by atoms with van der Waals surface area (Å²) in [4.78, 5) is 1.85. The Morgan fingerprint density at radius 1 is 1.18 bits per heavy atom. The zero-order valence-electron chi connectivity index (χ0n) is 20.0. The lowest BCUT2D eigenvalue weighted by atomic mass is 9.44. The molecule has 4 heteroatoms. The average Bonchev–Trinajstić information content (AvgIpc) is 3.50. The molecule has 3 aliphatic heterocycles. The van der Waals surface area contributed by atoms with Gasteiger partial charge in [-0.3, -0.25) is 0 Å². The van der Waals surface area contributed by atoms with Crippen LogP contribution in [0.25, 0.3) is 10.9 Å². The van der Waals surface area contributed by atoms with Gasteiger partial charge in [0.15, 0.2) is 11.5 Å². The third kappa shape index (κ3) is 1.93. The number of quaternary nitrogens is 1. The van der Waals surface area contributed by atoms with Crippen molar-refractivity contribution in [3.05, 3.63) is 58.3 Å². The van der Waals surface area contributed by atoms with Crippen LogP contribution in [-0.2, 0) is 31.2 Å². The number of nitrogens with one attached hydrogen (secondary N) is 1. The van der Waals surface area contributed by atoms with Crippen LogP contribution in [0.1, 0.15) is 66.7 Å². The molecular formula is C30H33N2O2+. The smallest absolute Gasteiger partial charge is 0.166 e. The van der Waals surface area contributed by atoms with Gasteiger partial charge in [-0.15, -0.1) is 0 Å². The predicted octanol–water partition coefficient (Wildman–Crippen LogP) is 3.85. The first kappa shape index (κ1) is 18.8. The second kappa shape index (κ2) is 5.84. The Balaban J connectivity index is 1.36. The second-order valence-electron chi connectivity index (χ2n) is 12.5. The molecule has 2 bridgehead atoms. The number of fused-ring (bicyclic) bond motifs is 4. The number of phenols is 1. The van der Waals surface area contributed by atoms with Gasteiger partial charge in [-0.1, -0.05) is 31.2 Å². The fraction of sp³-hybridized carbons (Fsp3) is 0.533. The largest absolute Gasteiger partial charge is 0.504 e. The van der Waals surface area contributed by atoms with Crippen molar-refractivity contribution in [3.63, 3.8) is 0 Å². The summed E-state index contributed by atoms with van der Waals surface area (Å²) in [5.41, 5.74) is 8.91. The van der Waals surface area contributed by atoms with Crippen LogP contribution in [0, 0.1) is 11.3 Å². The predicted molar refractivity (Wildman–Crippen MR) is 131 cm³/mol. The molecule has 2 fully saturated rings. The van der Waals surface area contributed by atoms with Crippen molar-refractivity contribution in [3.8, 4) is 11.5 Å². The monoisotopic (exact) mass is 453 g/mol. The normalized spacial score (nSPS) is 36.2. The maximum atomic E-state index is 11.0. The van der Waals surface area contributed by atoms with Crippen LogP contribution in [0.2, 0.25) is 0 Å². The number of hydrogen-bond donors (Lipinski definition) is 2. The molecule has 6 aliphatic rings. The Bertz CT molecular complexity index is 1420. The second-order valence-corrected chi connectivity index (χ2v) is 12.5. The van der Waals surface area contributed by atoms with Gasteiger partial charge in [0.2, 0.25) is 0 Å². The van der Waals surface area contributed by atoms with Crippen molar-refractivity contribution in [2.24, 2.45) is 11.3 Å². The minimum Gasteiger partial charge on any atom is -0.504 e. The van der Waals surface area contributed by atoms with Gasteiger partial charge in [-0.25, -0.2) is 0 Å². The van der Waals surface area contributed by atoms with Crippen LogP contribution >= 0.6 is 0 Å². The molecule has 0 amide bonds. The van der Waals surface area contributed by atoms with E-state index in [9.17, 15) is 5.11 Å². The summed E-state index contributed by atoms with van der Waals surface area (Å²) in [6.45, 7) is 6.29. The molecular weight excluding hydrogens is 420 g/mol. The molecule has 3 aromatic rings. The van der Waals surface area contributed by atoms with Crippen LogP contribution in [0.3, 0.4) is 0 Å². The van der Waals surface area contributed by atoms with Crippen molar-refractivity contribution < 1.29 is 14.7 Å². The van der Waals surface area contributed by atoms with Crippen molar-refractivity contribution in [1.82, 2.24) is 4.57 Å². The van der Waals surface area contributed by atoms with Gasteiger partial charge in [-0.2, -0.15) is 0 Å². The van der Waals surface area contributed by atoms with Crippen molar-refractivity contribution in [2.75, 3.05) is 13.1 Å². The molecule has 9 rings (SSSR count). The van der Waals surface area contributed by atoms with Crippen LogP contribution in [0.15, 0.2) is 30.3 Å². The van der Waals surface area contributed by atoms with Crippen LogP contribution in [-0.4, -0.2) is 28.8 Å². The number of aromatic nitrogens is 1. The summed E-state index contributed by atoms with van der Waals surface area (Å²) in [5, 5.41) is 12.5. The molecule has 2 aromatic carbocycles. The SMILES string of the molecule is C[C@@]12Cc3c(n4c5c(cccc35)CCC4)[C@@H]3Oc4c(O)ccc5c4[C@@]31CC[NH+](CC1CC1)[C@@H]2C5. The number of hydrogen-bond acceptors (Lipinski definition) is 2. The lowest BCUT2D eigenvalue weighted by Gasteiger charge is -2.62. The third-order valence-electron chi connectivity index (χ3n) is 11.1. The van der Waals surface area contributed by atoms with E-state index in [0.29, 0.717) is 11.8 Å². The van der Waals surface area contributed by atoms with E-state index in [4.69, 9.17) is 4.74 Å². The van der Waals surface area contributed by atoms with Gasteiger partial charge in [0.25, 0.3) is 0 Å². The van der Waals surface area contributed by atoms with E-state index in [0.717, 1.165) is 31.1 Å². The number of benzene rings is 2. The fourth-order valence-corrected chi connectivity index (χ4v) is 9.55. The first-order valence-corrected chi connectivity index (χ1v) is 13.6. The molecule has 1 spiro atoms. The van der Waals surface area contributed by atoms with E-state index in [1.807, 2.05) is 11.0 Å². The van der Waals surface area contributed by atoms with Crippen LogP contribution in [0.5, 0.6) is 11.5 Å². The molecule has 4 heterocycles. The van der Waals surface area contributed by atoms with Crippen LogP contribution < -0.4 is 9.64 Å². The number of ether oxygens (including phenoxy) is 1. The number of aromatic hydroxyl groups is 1. The fourth-order valence-electron chi connectivity index (χ4n) is 9.55. The Kier molecular flexibility index (Phi) is 3.23. The van der Waals surface area contributed by atoms with E-state index >= 15 is 0 Å². The molecule has 3 aliphatic carbocycles. The third-order valence-corrected chi connectivity index (χ3v) is 11.1. The summed E-state index contributed by atoms with van der Waals surface area (Å²) >= 11 is 0.